The van der Waals surface area contributed by atoms with Crippen LogP contribution in [0.15, 0.2) is 6.07 Å². The molecule has 1 aromatic rings. The smallest absolute Gasteiger partial charge is 0.0648 e. The molecule has 0 aliphatic carbocycles. The van der Waals surface area contributed by atoms with Crippen LogP contribution in [-0.4, -0.2) is 16.7 Å². The maximum atomic E-state index is 4.09. The first-order valence-corrected chi connectivity index (χ1v) is 4.69. The molecule has 13 heavy (non-hydrogen) atoms. The fourth-order valence-corrected chi connectivity index (χ4v) is 1.42. The van der Waals surface area contributed by atoms with Crippen molar-refractivity contribution >= 4 is 0 Å². The molecule has 72 valence electrons. The number of hydrogen-bond acceptors (Lipinski definition) is 3. The molecule has 0 bridgehead atoms. The van der Waals surface area contributed by atoms with Gasteiger partial charge in [-0.25, -0.2) is 0 Å². The minimum Gasteiger partial charge on any atom is -0.310 e. The van der Waals surface area contributed by atoms with Crippen LogP contribution in [0.2, 0.25) is 0 Å². The molecule has 3 heteroatoms. The summed E-state index contributed by atoms with van der Waals surface area (Å²) < 4.78 is 0. The molecule has 0 amide bonds. The summed E-state index contributed by atoms with van der Waals surface area (Å²) in [6.45, 7) is 9.19. The number of nitrogens with one attached hydrogen (secondary N) is 1. The van der Waals surface area contributed by atoms with E-state index in [-0.39, 0.29) is 0 Å². The predicted molar refractivity (Wildman–Crippen MR) is 53.6 cm³/mol. The van der Waals surface area contributed by atoms with Crippen molar-refractivity contribution in [2.45, 2.75) is 33.7 Å². The van der Waals surface area contributed by atoms with Crippen molar-refractivity contribution < 1.29 is 0 Å². The minimum atomic E-state index is 0.360. The van der Waals surface area contributed by atoms with Gasteiger partial charge in [-0.3, -0.25) is 0 Å². The molecule has 1 rings (SSSR count). The first kappa shape index (κ1) is 10.1. The van der Waals surface area contributed by atoms with Gasteiger partial charge in [-0.2, -0.15) is 10.2 Å². The Morgan fingerprint density at radius 1 is 1.38 bits per heavy atom. The van der Waals surface area contributed by atoms with Gasteiger partial charge in [0.25, 0.3) is 0 Å². The second kappa shape index (κ2) is 4.33. The third-order valence-corrected chi connectivity index (χ3v) is 2.12. The summed E-state index contributed by atoms with van der Waals surface area (Å²) in [5, 5.41) is 11.5. The maximum Gasteiger partial charge on any atom is 0.0648 e. The molecule has 1 aromatic heterocycles. The molecular formula is C10H17N3. The van der Waals surface area contributed by atoms with E-state index in [9.17, 15) is 0 Å². The van der Waals surface area contributed by atoms with Gasteiger partial charge in [0.2, 0.25) is 0 Å². The minimum absolute atomic E-state index is 0.360. The molecule has 0 fully saturated rings. The van der Waals surface area contributed by atoms with Crippen molar-refractivity contribution in [1.82, 2.24) is 15.5 Å². The number of aromatic nitrogens is 2. The van der Waals surface area contributed by atoms with E-state index in [0.29, 0.717) is 6.04 Å². The Labute approximate surface area is 79.6 Å². The molecule has 0 aliphatic rings. The number of nitrogens with zero attached hydrogens (tertiary/aromatic N) is 2. The molecule has 1 N–H and O–H groups in total. The van der Waals surface area contributed by atoms with E-state index in [1.54, 1.807) is 0 Å². The van der Waals surface area contributed by atoms with Crippen molar-refractivity contribution in [3.63, 3.8) is 0 Å². The summed E-state index contributed by atoms with van der Waals surface area (Å²) in [6, 6.07) is 2.45. The number of aryl methyl sites for hydroxylation is 2. The van der Waals surface area contributed by atoms with Crippen LogP contribution in [0, 0.1) is 13.8 Å². The zero-order valence-corrected chi connectivity index (χ0v) is 8.76. The normalized spacial score (nSPS) is 12.9. The number of rotatable bonds is 3. The zero-order chi connectivity index (χ0) is 9.84. The van der Waals surface area contributed by atoms with Crippen LogP contribution in [0.4, 0.5) is 0 Å². The van der Waals surface area contributed by atoms with Gasteiger partial charge in [0.1, 0.15) is 0 Å². The van der Waals surface area contributed by atoms with E-state index in [0.717, 1.165) is 17.9 Å². The molecule has 1 unspecified atom stereocenters. The van der Waals surface area contributed by atoms with Crippen LogP contribution in [-0.2, 0) is 0 Å². The van der Waals surface area contributed by atoms with Crippen molar-refractivity contribution in [3.8, 4) is 0 Å². The summed E-state index contributed by atoms with van der Waals surface area (Å²) in [4.78, 5) is 0. The van der Waals surface area contributed by atoms with Crippen molar-refractivity contribution in [2.24, 2.45) is 0 Å². The van der Waals surface area contributed by atoms with Crippen LogP contribution in [0.25, 0.3) is 0 Å². The lowest BCUT2D eigenvalue weighted by atomic mass is 10.1. The fourth-order valence-electron chi connectivity index (χ4n) is 1.42. The lowest BCUT2D eigenvalue weighted by molar-refractivity contribution is 0.589. The third-order valence-electron chi connectivity index (χ3n) is 2.12. The standard InChI is InChI=1S/C10H17N3/c1-5-11-8(3)10-6-7(2)12-13-9(10)4/h6,8,11H,5H2,1-4H3. The highest BCUT2D eigenvalue weighted by Gasteiger charge is 2.08. The Balaban J connectivity index is 2.91. The lowest BCUT2D eigenvalue weighted by Gasteiger charge is -2.14. The van der Waals surface area contributed by atoms with Gasteiger partial charge in [0.05, 0.1) is 11.4 Å². The van der Waals surface area contributed by atoms with E-state index in [1.807, 2.05) is 13.8 Å². The molecule has 0 radical (unpaired) electrons. The van der Waals surface area contributed by atoms with Crippen LogP contribution < -0.4 is 5.32 Å². The Hall–Kier alpha value is -0.960. The Kier molecular flexibility index (Phi) is 3.37. The summed E-state index contributed by atoms with van der Waals surface area (Å²) in [5.41, 5.74) is 3.23. The van der Waals surface area contributed by atoms with Crippen molar-refractivity contribution in [1.29, 1.82) is 0 Å². The molecular weight excluding hydrogens is 162 g/mol. The van der Waals surface area contributed by atoms with Gasteiger partial charge in [-0.15, -0.1) is 0 Å². The monoisotopic (exact) mass is 179 g/mol. The fraction of sp³-hybridized carbons (Fsp3) is 0.600. The molecule has 0 saturated heterocycles. The summed E-state index contributed by atoms with van der Waals surface area (Å²) in [7, 11) is 0. The Morgan fingerprint density at radius 2 is 2.08 bits per heavy atom. The van der Waals surface area contributed by atoms with Crippen LogP contribution in [0.1, 0.15) is 36.8 Å². The van der Waals surface area contributed by atoms with Crippen LogP contribution >= 0.6 is 0 Å². The second-order valence-electron chi connectivity index (χ2n) is 3.31. The van der Waals surface area contributed by atoms with Gasteiger partial charge in [-0.1, -0.05) is 6.92 Å². The van der Waals surface area contributed by atoms with Gasteiger partial charge < -0.3 is 5.32 Å². The zero-order valence-electron chi connectivity index (χ0n) is 8.76. The highest BCUT2D eigenvalue weighted by atomic mass is 15.1. The Morgan fingerprint density at radius 3 is 2.69 bits per heavy atom. The summed E-state index contributed by atoms with van der Waals surface area (Å²) >= 11 is 0. The predicted octanol–water partition coefficient (Wildman–Crippen LogP) is 1.76. The van der Waals surface area contributed by atoms with Gasteiger partial charge >= 0.3 is 0 Å². The average molecular weight is 179 g/mol. The highest BCUT2D eigenvalue weighted by Crippen LogP contribution is 2.14. The van der Waals surface area contributed by atoms with E-state index in [2.05, 4.69) is 35.4 Å². The van der Waals surface area contributed by atoms with Gasteiger partial charge in [0.15, 0.2) is 0 Å². The largest absolute Gasteiger partial charge is 0.310 e. The third kappa shape index (κ3) is 2.49. The van der Waals surface area contributed by atoms with Crippen LogP contribution in [0.5, 0.6) is 0 Å². The second-order valence-corrected chi connectivity index (χ2v) is 3.31. The molecule has 0 aromatic carbocycles. The van der Waals surface area contributed by atoms with E-state index in [4.69, 9.17) is 0 Å². The Bertz CT molecular complexity index is 283. The van der Waals surface area contributed by atoms with Gasteiger partial charge in [-0.05, 0) is 38.9 Å². The molecule has 3 nitrogen and oxygen atoms in total. The topological polar surface area (TPSA) is 37.8 Å². The summed E-state index contributed by atoms with van der Waals surface area (Å²) in [5.74, 6) is 0. The van der Waals surface area contributed by atoms with E-state index >= 15 is 0 Å². The average Bonchev–Trinajstić information content (AvgIpc) is 2.09. The molecule has 1 atom stereocenters. The van der Waals surface area contributed by atoms with Crippen LogP contribution in [0.3, 0.4) is 0 Å². The highest BCUT2D eigenvalue weighted by molar-refractivity contribution is 5.22. The summed E-state index contributed by atoms with van der Waals surface area (Å²) in [6.07, 6.45) is 0. The van der Waals surface area contributed by atoms with Gasteiger partial charge in [0, 0.05) is 6.04 Å². The van der Waals surface area contributed by atoms with E-state index in [1.165, 1.54) is 5.56 Å². The molecule has 0 saturated carbocycles. The molecule has 0 aliphatic heterocycles. The molecule has 0 spiro atoms. The molecule has 1 heterocycles. The number of hydrogen-bond donors (Lipinski definition) is 1. The van der Waals surface area contributed by atoms with Crippen molar-refractivity contribution in [2.75, 3.05) is 6.54 Å². The first-order valence-electron chi connectivity index (χ1n) is 4.69. The first-order chi connectivity index (χ1) is 6.15. The SMILES string of the molecule is CCNC(C)c1cc(C)nnc1C. The van der Waals surface area contributed by atoms with Crippen molar-refractivity contribution in [3.05, 3.63) is 23.0 Å². The quantitative estimate of drug-likeness (QED) is 0.768. The maximum absolute atomic E-state index is 4.09. The van der Waals surface area contributed by atoms with E-state index < -0.39 is 0 Å². The lowest BCUT2D eigenvalue weighted by Crippen LogP contribution is -2.19.